The van der Waals surface area contributed by atoms with E-state index < -0.39 is 0 Å². The first-order chi connectivity index (χ1) is 6.79. The topological polar surface area (TPSA) is 46.9 Å². The van der Waals surface area contributed by atoms with Gasteiger partial charge in [-0.2, -0.15) is 5.10 Å². The molecule has 0 bridgehead atoms. The van der Waals surface area contributed by atoms with Gasteiger partial charge in [-0.15, -0.1) is 11.6 Å². The molecule has 1 aromatic rings. The Balaban J connectivity index is 1.98. The largest absolute Gasteiger partial charge is 0.308 e. The third kappa shape index (κ3) is 1.90. The van der Waals surface area contributed by atoms with Gasteiger partial charge in [-0.25, -0.2) is 0 Å². The van der Waals surface area contributed by atoms with Crippen LogP contribution in [0.5, 0.6) is 0 Å². The van der Waals surface area contributed by atoms with Crippen molar-refractivity contribution in [3.8, 4) is 0 Å². The van der Waals surface area contributed by atoms with E-state index in [1.807, 2.05) is 10.9 Å². The van der Waals surface area contributed by atoms with Crippen LogP contribution in [-0.4, -0.2) is 21.6 Å². The zero-order valence-corrected chi connectivity index (χ0v) is 8.50. The molecule has 14 heavy (non-hydrogen) atoms. The first kappa shape index (κ1) is 9.52. The van der Waals surface area contributed by atoms with Crippen molar-refractivity contribution in [1.29, 1.82) is 0 Å². The number of aromatic nitrogens is 2. The fourth-order valence-electron chi connectivity index (χ4n) is 1.44. The van der Waals surface area contributed by atoms with E-state index in [1.54, 1.807) is 6.07 Å². The second kappa shape index (κ2) is 4.00. The van der Waals surface area contributed by atoms with Gasteiger partial charge in [0.05, 0.1) is 6.04 Å². The number of carbonyl (C=O) groups is 1. The van der Waals surface area contributed by atoms with E-state index in [2.05, 4.69) is 10.4 Å². The molecule has 1 fully saturated rings. The minimum absolute atomic E-state index is 0.0315. The van der Waals surface area contributed by atoms with Gasteiger partial charge in [0.25, 0.3) is 0 Å². The highest BCUT2D eigenvalue weighted by atomic mass is 35.5. The lowest BCUT2D eigenvalue weighted by atomic mass is 9.93. The summed E-state index contributed by atoms with van der Waals surface area (Å²) in [5, 5.41) is 6.86. The molecule has 2 rings (SSSR count). The molecule has 1 heterocycles. The summed E-state index contributed by atoms with van der Waals surface area (Å²) in [7, 11) is 0. The Morgan fingerprint density at radius 3 is 3.07 bits per heavy atom. The van der Waals surface area contributed by atoms with Crippen molar-refractivity contribution in [1.82, 2.24) is 9.78 Å². The van der Waals surface area contributed by atoms with Crippen LogP contribution in [0.4, 0.5) is 5.82 Å². The third-order valence-electron chi connectivity index (χ3n) is 2.45. The minimum Gasteiger partial charge on any atom is -0.308 e. The van der Waals surface area contributed by atoms with Gasteiger partial charge in [-0.3, -0.25) is 9.48 Å². The average Bonchev–Trinajstić information content (AvgIpc) is 2.50. The molecule has 1 saturated carbocycles. The fourth-order valence-corrected chi connectivity index (χ4v) is 1.50. The van der Waals surface area contributed by atoms with E-state index in [4.69, 9.17) is 11.6 Å². The number of hydrogen-bond acceptors (Lipinski definition) is 2. The lowest BCUT2D eigenvalue weighted by Gasteiger charge is -2.25. The Morgan fingerprint density at radius 1 is 1.71 bits per heavy atom. The van der Waals surface area contributed by atoms with Crippen LogP contribution in [0.1, 0.15) is 25.3 Å². The Labute approximate surface area is 87.2 Å². The average molecular weight is 214 g/mol. The van der Waals surface area contributed by atoms with Crippen molar-refractivity contribution < 1.29 is 4.79 Å². The normalized spacial score (nSPS) is 16.4. The second-order valence-corrected chi connectivity index (χ2v) is 3.71. The van der Waals surface area contributed by atoms with Gasteiger partial charge in [0, 0.05) is 12.3 Å². The molecule has 0 aromatic carbocycles. The molecule has 0 radical (unpaired) electrons. The van der Waals surface area contributed by atoms with E-state index in [1.165, 1.54) is 19.3 Å². The van der Waals surface area contributed by atoms with Crippen LogP contribution in [0.15, 0.2) is 12.3 Å². The monoisotopic (exact) mass is 213 g/mol. The SMILES string of the molecule is O=C(CCl)Nc1ccn(C2CCC2)n1. The van der Waals surface area contributed by atoms with E-state index in [9.17, 15) is 4.79 Å². The summed E-state index contributed by atoms with van der Waals surface area (Å²) in [5.41, 5.74) is 0. The molecule has 1 aromatic heterocycles. The molecule has 0 spiro atoms. The molecule has 5 heteroatoms. The molecule has 0 atom stereocenters. The minimum atomic E-state index is -0.217. The maximum atomic E-state index is 11.0. The van der Waals surface area contributed by atoms with Gasteiger partial charge in [-0.05, 0) is 19.3 Å². The number of hydrogen-bond donors (Lipinski definition) is 1. The first-order valence-electron chi connectivity index (χ1n) is 4.70. The summed E-state index contributed by atoms with van der Waals surface area (Å²) in [6, 6.07) is 2.32. The molecule has 1 aliphatic carbocycles. The molecule has 1 amide bonds. The number of halogens is 1. The third-order valence-corrected chi connectivity index (χ3v) is 2.69. The van der Waals surface area contributed by atoms with E-state index in [-0.39, 0.29) is 11.8 Å². The maximum Gasteiger partial charge on any atom is 0.240 e. The number of nitrogens with zero attached hydrogens (tertiary/aromatic N) is 2. The van der Waals surface area contributed by atoms with Gasteiger partial charge in [0.2, 0.25) is 5.91 Å². The van der Waals surface area contributed by atoms with Crippen molar-refractivity contribution in [2.75, 3.05) is 11.2 Å². The summed E-state index contributed by atoms with van der Waals surface area (Å²) in [4.78, 5) is 11.0. The van der Waals surface area contributed by atoms with Crippen molar-refractivity contribution in [2.45, 2.75) is 25.3 Å². The Bertz CT molecular complexity index is 333. The molecular weight excluding hydrogens is 202 g/mol. The molecule has 4 nitrogen and oxygen atoms in total. The summed E-state index contributed by atoms with van der Waals surface area (Å²) >= 11 is 5.36. The van der Waals surface area contributed by atoms with Crippen LogP contribution in [0.3, 0.4) is 0 Å². The summed E-state index contributed by atoms with van der Waals surface area (Å²) in [6.45, 7) is 0. The first-order valence-corrected chi connectivity index (χ1v) is 5.24. The number of nitrogens with one attached hydrogen (secondary N) is 1. The number of alkyl halides is 1. The zero-order chi connectivity index (χ0) is 9.97. The molecule has 0 aliphatic heterocycles. The zero-order valence-electron chi connectivity index (χ0n) is 7.74. The number of amides is 1. The van der Waals surface area contributed by atoms with Gasteiger partial charge in [0.1, 0.15) is 5.88 Å². The molecule has 0 unspecified atom stereocenters. The molecule has 0 saturated heterocycles. The predicted molar refractivity (Wildman–Crippen MR) is 54.5 cm³/mol. The highest BCUT2D eigenvalue weighted by Gasteiger charge is 2.20. The van der Waals surface area contributed by atoms with Crippen LogP contribution in [0.2, 0.25) is 0 Å². The Morgan fingerprint density at radius 2 is 2.50 bits per heavy atom. The standard InChI is InChI=1S/C9H12ClN3O/c10-6-9(14)11-8-4-5-13(12-8)7-2-1-3-7/h4-5,7H,1-3,6H2,(H,11,12,14). The molecule has 1 N–H and O–H groups in total. The number of anilines is 1. The van der Waals surface area contributed by atoms with E-state index in [0.29, 0.717) is 11.9 Å². The smallest absolute Gasteiger partial charge is 0.240 e. The molecule has 1 aliphatic rings. The van der Waals surface area contributed by atoms with Crippen LogP contribution in [0.25, 0.3) is 0 Å². The number of rotatable bonds is 3. The van der Waals surface area contributed by atoms with Crippen LogP contribution >= 0.6 is 11.6 Å². The van der Waals surface area contributed by atoms with E-state index >= 15 is 0 Å². The van der Waals surface area contributed by atoms with Crippen molar-refractivity contribution in [2.24, 2.45) is 0 Å². The molecule has 76 valence electrons. The van der Waals surface area contributed by atoms with Gasteiger partial charge in [-0.1, -0.05) is 0 Å². The summed E-state index contributed by atoms with van der Waals surface area (Å²) in [5.74, 6) is 0.337. The highest BCUT2D eigenvalue weighted by Crippen LogP contribution is 2.30. The summed E-state index contributed by atoms with van der Waals surface area (Å²) in [6.07, 6.45) is 5.54. The van der Waals surface area contributed by atoms with Gasteiger partial charge in [0.15, 0.2) is 5.82 Å². The van der Waals surface area contributed by atoms with Gasteiger partial charge >= 0.3 is 0 Å². The van der Waals surface area contributed by atoms with Crippen molar-refractivity contribution in [3.05, 3.63) is 12.3 Å². The predicted octanol–water partition coefficient (Wildman–Crippen LogP) is 1.79. The fraction of sp³-hybridized carbons (Fsp3) is 0.556. The van der Waals surface area contributed by atoms with Crippen LogP contribution in [-0.2, 0) is 4.79 Å². The second-order valence-electron chi connectivity index (χ2n) is 3.45. The Kier molecular flexibility index (Phi) is 2.72. The van der Waals surface area contributed by atoms with Crippen molar-refractivity contribution in [3.63, 3.8) is 0 Å². The lowest BCUT2D eigenvalue weighted by Crippen LogP contribution is -2.18. The lowest BCUT2D eigenvalue weighted by molar-refractivity contribution is -0.113. The van der Waals surface area contributed by atoms with Gasteiger partial charge < -0.3 is 5.32 Å². The van der Waals surface area contributed by atoms with Crippen molar-refractivity contribution >= 4 is 23.3 Å². The van der Waals surface area contributed by atoms with Crippen LogP contribution in [0, 0.1) is 0 Å². The van der Waals surface area contributed by atoms with Crippen LogP contribution < -0.4 is 5.32 Å². The number of carbonyl (C=O) groups excluding carboxylic acids is 1. The molecular formula is C9H12ClN3O. The maximum absolute atomic E-state index is 11.0. The summed E-state index contributed by atoms with van der Waals surface area (Å²) < 4.78 is 1.91. The van der Waals surface area contributed by atoms with E-state index in [0.717, 1.165) is 0 Å². The highest BCUT2D eigenvalue weighted by molar-refractivity contribution is 6.28. The Hall–Kier alpha value is -1.03. The quantitative estimate of drug-likeness (QED) is 0.779.